The monoisotopic (exact) mass is 751 g/mol. The van der Waals surface area contributed by atoms with Crippen LogP contribution in [-0.2, 0) is 0 Å². The number of hydrogen-bond acceptors (Lipinski definition) is 7. The molecule has 7 heteroatoms. The molecule has 5 nitrogen and oxygen atoms in total. The van der Waals surface area contributed by atoms with Gasteiger partial charge in [0.2, 0.25) is 0 Å². The Labute approximate surface area is 330 Å². The maximum atomic E-state index is 5.19. The van der Waals surface area contributed by atoms with Crippen molar-refractivity contribution in [2.75, 3.05) is 0 Å². The number of hydrogen-bond donors (Lipinski definition) is 0. The predicted octanol–water partition coefficient (Wildman–Crippen LogP) is 13.4. The van der Waals surface area contributed by atoms with E-state index in [4.69, 9.17) is 24.9 Å². The van der Waals surface area contributed by atoms with Crippen LogP contribution in [-0.4, -0.2) is 24.9 Å². The lowest BCUT2D eigenvalue weighted by Gasteiger charge is -2.10. The van der Waals surface area contributed by atoms with Gasteiger partial charge >= 0.3 is 0 Å². The fourth-order valence-electron chi connectivity index (χ4n) is 7.45. The number of fused-ring (bicyclic) bond motifs is 6. The molecular weight excluding hydrogens is 723 g/mol. The summed E-state index contributed by atoms with van der Waals surface area (Å²) in [6.45, 7) is 0. The van der Waals surface area contributed by atoms with Crippen LogP contribution in [0.4, 0.5) is 0 Å². The summed E-state index contributed by atoms with van der Waals surface area (Å²) < 4.78 is 4.74. The first-order valence-electron chi connectivity index (χ1n) is 18.4. The average molecular weight is 752 g/mol. The van der Waals surface area contributed by atoms with Crippen molar-refractivity contribution in [3.8, 4) is 67.9 Å². The van der Waals surface area contributed by atoms with Crippen molar-refractivity contribution in [3.05, 3.63) is 176 Å². The minimum absolute atomic E-state index is 0.653. The van der Waals surface area contributed by atoms with Gasteiger partial charge in [-0.1, -0.05) is 158 Å². The van der Waals surface area contributed by atoms with E-state index in [1.807, 2.05) is 78.9 Å². The van der Waals surface area contributed by atoms with Gasteiger partial charge in [0.25, 0.3) is 0 Å². The summed E-state index contributed by atoms with van der Waals surface area (Å²) in [4.78, 5) is 25.1. The lowest BCUT2D eigenvalue weighted by atomic mass is 9.97. The first kappa shape index (κ1) is 32.5. The van der Waals surface area contributed by atoms with Crippen molar-refractivity contribution >= 4 is 63.1 Å². The normalized spacial score (nSPS) is 11.6. The van der Waals surface area contributed by atoms with E-state index in [1.54, 1.807) is 22.7 Å². The summed E-state index contributed by atoms with van der Waals surface area (Å²) in [5, 5.41) is 3.62. The van der Waals surface area contributed by atoms with Crippen LogP contribution in [0.1, 0.15) is 0 Å². The highest BCUT2D eigenvalue weighted by molar-refractivity contribution is 7.26. The molecule has 11 aromatic rings. The Kier molecular flexibility index (Phi) is 7.79. The van der Waals surface area contributed by atoms with E-state index in [2.05, 4.69) is 97.1 Å². The average Bonchev–Trinajstić information content (AvgIpc) is 3.85. The molecule has 0 saturated carbocycles. The van der Waals surface area contributed by atoms with Crippen molar-refractivity contribution < 1.29 is 0 Å². The van der Waals surface area contributed by atoms with Gasteiger partial charge in [-0.2, -0.15) is 0 Å². The number of benzene rings is 7. The van der Waals surface area contributed by atoms with E-state index >= 15 is 0 Å². The Morgan fingerprint density at radius 1 is 0.321 bits per heavy atom. The van der Waals surface area contributed by atoms with Gasteiger partial charge in [-0.05, 0) is 29.3 Å². The maximum Gasteiger partial charge on any atom is 0.164 e. The second-order valence-corrected chi connectivity index (χ2v) is 15.8. The Balaban J connectivity index is 1.00. The minimum Gasteiger partial charge on any atom is -0.226 e. The van der Waals surface area contributed by atoms with Crippen molar-refractivity contribution in [2.45, 2.75) is 0 Å². The molecule has 0 atom stereocenters. The fourth-order valence-corrected chi connectivity index (χ4v) is 9.78. The molecule has 0 unspecified atom stereocenters. The zero-order valence-electron chi connectivity index (χ0n) is 29.8. The Morgan fingerprint density at radius 3 is 1.52 bits per heavy atom. The van der Waals surface area contributed by atoms with E-state index < -0.39 is 0 Å². The molecule has 0 radical (unpaired) electrons. The van der Waals surface area contributed by atoms with Crippen molar-refractivity contribution in [1.82, 2.24) is 24.9 Å². The molecule has 4 heterocycles. The molecule has 0 bridgehead atoms. The van der Waals surface area contributed by atoms with E-state index in [1.165, 1.54) is 30.4 Å². The third-order valence-electron chi connectivity index (χ3n) is 10.2. The first-order chi connectivity index (χ1) is 27.7. The molecule has 0 aliphatic heterocycles. The Hall–Kier alpha value is -6.93. The fraction of sp³-hybridized carbons (Fsp3) is 0. The Bertz CT molecular complexity index is 3170. The molecule has 262 valence electrons. The van der Waals surface area contributed by atoms with Crippen molar-refractivity contribution in [2.24, 2.45) is 0 Å². The standard InChI is InChI=1S/C49H29N5S2/c1-4-13-32(14-5-1)46-50-43(45-44(51-46)38-19-10-11-21-39(38)56-45)31-25-23-30(24-26-31)36-20-12-22-40-42(36)37-28-27-35(29-41(37)55-40)49-53-47(33-15-6-2-7-16-33)52-48(54-49)34-17-8-3-9-18-34/h1-29H. The highest BCUT2D eigenvalue weighted by Gasteiger charge is 2.18. The smallest absolute Gasteiger partial charge is 0.164 e. The first-order valence-corrected chi connectivity index (χ1v) is 20.0. The molecule has 56 heavy (non-hydrogen) atoms. The lowest BCUT2D eigenvalue weighted by Crippen LogP contribution is -1.99. The highest BCUT2D eigenvalue weighted by atomic mass is 32.1. The number of nitrogens with zero attached hydrogens (tertiary/aromatic N) is 5. The molecule has 0 amide bonds. The van der Waals surface area contributed by atoms with Crippen LogP contribution in [0.5, 0.6) is 0 Å². The molecule has 11 rings (SSSR count). The summed E-state index contributed by atoms with van der Waals surface area (Å²) in [5.41, 5.74) is 9.25. The van der Waals surface area contributed by atoms with E-state index in [0.29, 0.717) is 17.5 Å². The van der Waals surface area contributed by atoms with Gasteiger partial charge in [0, 0.05) is 58.1 Å². The van der Waals surface area contributed by atoms with E-state index in [-0.39, 0.29) is 0 Å². The van der Waals surface area contributed by atoms with Crippen molar-refractivity contribution in [1.29, 1.82) is 0 Å². The molecular formula is C49H29N5S2. The van der Waals surface area contributed by atoms with E-state index in [0.717, 1.165) is 60.5 Å². The summed E-state index contributed by atoms with van der Waals surface area (Å²) in [6, 6.07) is 61.0. The van der Waals surface area contributed by atoms with Crippen LogP contribution in [0.25, 0.3) is 108 Å². The largest absolute Gasteiger partial charge is 0.226 e. The zero-order chi connectivity index (χ0) is 37.0. The molecule has 0 aliphatic rings. The maximum absolute atomic E-state index is 5.19. The van der Waals surface area contributed by atoms with E-state index in [9.17, 15) is 0 Å². The van der Waals surface area contributed by atoms with Crippen LogP contribution in [0.3, 0.4) is 0 Å². The lowest BCUT2D eigenvalue weighted by molar-refractivity contribution is 1.07. The van der Waals surface area contributed by atoms with Crippen LogP contribution in [0.2, 0.25) is 0 Å². The van der Waals surface area contributed by atoms with Crippen LogP contribution >= 0.6 is 22.7 Å². The van der Waals surface area contributed by atoms with Gasteiger partial charge in [0.1, 0.15) is 0 Å². The number of rotatable bonds is 6. The van der Waals surface area contributed by atoms with Gasteiger partial charge in [-0.25, -0.2) is 24.9 Å². The highest BCUT2D eigenvalue weighted by Crippen LogP contribution is 2.43. The second-order valence-electron chi connectivity index (χ2n) is 13.6. The van der Waals surface area contributed by atoms with Gasteiger partial charge in [-0.15, -0.1) is 22.7 Å². The molecule has 0 spiro atoms. The molecule has 0 fully saturated rings. The molecule has 0 aliphatic carbocycles. The van der Waals surface area contributed by atoms with Gasteiger partial charge in [-0.3, -0.25) is 0 Å². The number of aromatic nitrogens is 5. The van der Waals surface area contributed by atoms with Crippen LogP contribution in [0.15, 0.2) is 176 Å². The van der Waals surface area contributed by atoms with Gasteiger partial charge in [0.05, 0.1) is 15.9 Å². The van der Waals surface area contributed by atoms with Gasteiger partial charge < -0.3 is 0 Å². The SMILES string of the molecule is c1ccc(-c2nc(-c3ccccc3)nc(-c3ccc4c(c3)sc3cccc(-c5ccc(-c6nc(-c7ccccc7)nc7c6sc6ccccc67)cc5)c34)n2)cc1. The number of thiophene rings is 2. The molecule has 0 N–H and O–H groups in total. The third-order valence-corrected chi connectivity index (χ3v) is 12.5. The molecule has 0 saturated heterocycles. The van der Waals surface area contributed by atoms with Crippen LogP contribution < -0.4 is 0 Å². The zero-order valence-corrected chi connectivity index (χ0v) is 31.4. The molecule has 7 aromatic carbocycles. The predicted molar refractivity (Wildman–Crippen MR) is 234 cm³/mol. The summed E-state index contributed by atoms with van der Waals surface area (Å²) in [7, 11) is 0. The quantitative estimate of drug-likeness (QED) is 0.169. The Morgan fingerprint density at radius 2 is 0.857 bits per heavy atom. The van der Waals surface area contributed by atoms with Crippen molar-refractivity contribution in [3.63, 3.8) is 0 Å². The minimum atomic E-state index is 0.653. The second kappa shape index (κ2) is 13.4. The van der Waals surface area contributed by atoms with Crippen LogP contribution in [0, 0.1) is 0 Å². The van der Waals surface area contributed by atoms with Gasteiger partial charge in [0.15, 0.2) is 23.3 Å². The summed E-state index contributed by atoms with van der Waals surface area (Å²) in [5.74, 6) is 2.70. The third kappa shape index (κ3) is 5.64. The summed E-state index contributed by atoms with van der Waals surface area (Å²) in [6.07, 6.45) is 0. The topological polar surface area (TPSA) is 64.5 Å². The molecule has 4 aromatic heterocycles. The summed E-state index contributed by atoms with van der Waals surface area (Å²) >= 11 is 3.55.